The van der Waals surface area contributed by atoms with Gasteiger partial charge in [0.25, 0.3) is 0 Å². The number of methoxy groups -OCH3 is 1. The fraction of sp³-hybridized carbons (Fsp3) is 0.750. The molecule has 166 valence electrons. The first-order chi connectivity index (χ1) is 14.0. The molecule has 6 heteroatoms. The van der Waals surface area contributed by atoms with Crippen molar-refractivity contribution in [1.29, 1.82) is 0 Å². The van der Waals surface area contributed by atoms with Crippen molar-refractivity contribution in [2.45, 2.75) is 83.3 Å². The molecule has 0 aromatic heterocycles. The number of hydrogen-bond acceptors (Lipinski definition) is 5. The molecule has 6 rings (SSSR count). The lowest BCUT2D eigenvalue weighted by Gasteiger charge is -2.62. The van der Waals surface area contributed by atoms with E-state index in [1.807, 2.05) is 0 Å². The summed E-state index contributed by atoms with van der Waals surface area (Å²) in [5.74, 6) is 1.41. The van der Waals surface area contributed by atoms with E-state index in [1.54, 1.807) is 7.11 Å². The highest BCUT2D eigenvalue weighted by Crippen LogP contribution is 2.73. The van der Waals surface area contributed by atoms with Crippen LogP contribution >= 0.6 is 0 Å². The summed E-state index contributed by atoms with van der Waals surface area (Å²) in [4.78, 5) is 0. The number of aryl methyl sites for hydroxylation is 1. The Hall–Kier alpha value is -0.923. The summed E-state index contributed by atoms with van der Waals surface area (Å²) in [7, 11) is -0.381. The predicted octanol–water partition coefficient (Wildman–Crippen LogP) is 4.53. The Morgan fingerprint density at radius 2 is 1.87 bits per heavy atom. The topological polar surface area (TPSA) is 57.2 Å². The third-order valence-corrected chi connectivity index (χ3v) is 13.5. The van der Waals surface area contributed by atoms with Crippen molar-refractivity contribution >= 4 is 8.32 Å². The molecular weight excluding hydrogens is 396 g/mol. The van der Waals surface area contributed by atoms with E-state index in [0.717, 1.165) is 5.75 Å². The maximum absolute atomic E-state index is 11.0. The molecular formula is C24H36O5Si. The maximum atomic E-state index is 11.0. The van der Waals surface area contributed by atoms with Gasteiger partial charge in [0.2, 0.25) is 0 Å². The standard InChI is InChI=1S/C24H36O5Si/c1-12-9-14(26-6)10-15-16(12)20-17-18(15)24(11-25)13(2)19(27-20)21(17)28-22(24)29-30(7,8)23(3,4)5/h9-10,13,17-22,25H,11H2,1-8H3/t13?,17?,18?,19?,20-,21+,22+,24+/m0/s1. The van der Waals surface area contributed by atoms with Gasteiger partial charge in [0.05, 0.1) is 37.4 Å². The molecule has 4 bridgehead atoms. The van der Waals surface area contributed by atoms with Crippen LogP contribution in [0.5, 0.6) is 5.75 Å². The van der Waals surface area contributed by atoms with E-state index in [2.05, 4.69) is 59.8 Å². The SMILES string of the molecule is COc1cc(C)c2c(c1)C1C3[C@H]4O[C@H](O[Si](C)(C)C(C)(C)C)[C@]1(CO)C(C)C4O[C@@H]23. The fourth-order valence-corrected chi connectivity index (χ4v) is 7.62. The van der Waals surface area contributed by atoms with E-state index in [1.165, 1.54) is 16.7 Å². The number of aliphatic hydroxyl groups is 1. The number of rotatable bonds is 4. The normalized spacial score (nSPS) is 41.3. The van der Waals surface area contributed by atoms with Crippen LogP contribution in [-0.2, 0) is 13.9 Å². The molecule has 5 nitrogen and oxygen atoms in total. The fourth-order valence-electron chi connectivity index (χ4n) is 6.45. The molecule has 1 saturated carbocycles. The summed E-state index contributed by atoms with van der Waals surface area (Å²) in [5, 5.41) is 11.0. The molecule has 8 atom stereocenters. The predicted molar refractivity (Wildman–Crippen MR) is 117 cm³/mol. The Bertz CT molecular complexity index is 877. The highest BCUT2D eigenvalue weighted by molar-refractivity contribution is 6.74. The molecule has 30 heavy (non-hydrogen) atoms. The van der Waals surface area contributed by atoms with Crippen molar-refractivity contribution in [1.82, 2.24) is 0 Å². The van der Waals surface area contributed by atoms with Gasteiger partial charge in [-0.05, 0) is 59.8 Å². The summed E-state index contributed by atoms with van der Waals surface area (Å²) in [5.41, 5.74) is 3.22. The van der Waals surface area contributed by atoms with Gasteiger partial charge in [-0.3, -0.25) is 0 Å². The largest absolute Gasteiger partial charge is 0.497 e. The van der Waals surface area contributed by atoms with Crippen molar-refractivity contribution < 1.29 is 23.7 Å². The Labute approximate surface area is 181 Å². The van der Waals surface area contributed by atoms with Crippen LogP contribution in [0.15, 0.2) is 12.1 Å². The lowest BCUT2D eigenvalue weighted by molar-refractivity contribution is -0.319. The molecule has 4 unspecified atom stereocenters. The smallest absolute Gasteiger partial charge is 0.195 e. The minimum Gasteiger partial charge on any atom is -0.497 e. The quantitative estimate of drug-likeness (QED) is 0.709. The van der Waals surface area contributed by atoms with Crippen molar-refractivity contribution in [3.05, 3.63) is 28.8 Å². The van der Waals surface area contributed by atoms with Gasteiger partial charge in [0.1, 0.15) is 5.75 Å². The molecule has 4 fully saturated rings. The molecule has 1 N–H and O–H groups in total. The van der Waals surface area contributed by atoms with E-state index < -0.39 is 20.0 Å². The van der Waals surface area contributed by atoms with Crippen LogP contribution in [0.1, 0.15) is 56.4 Å². The van der Waals surface area contributed by atoms with E-state index >= 15 is 0 Å². The molecule has 1 aromatic carbocycles. The molecule has 5 aliphatic rings. The molecule has 0 amide bonds. The highest BCUT2D eigenvalue weighted by Gasteiger charge is 2.75. The van der Waals surface area contributed by atoms with Crippen LogP contribution in [-0.4, -0.2) is 45.6 Å². The summed E-state index contributed by atoms with van der Waals surface area (Å²) in [6, 6.07) is 4.26. The van der Waals surface area contributed by atoms with E-state index in [4.69, 9.17) is 18.6 Å². The van der Waals surface area contributed by atoms with Gasteiger partial charge >= 0.3 is 0 Å². The monoisotopic (exact) mass is 432 g/mol. The van der Waals surface area contributed by atoms with Gasteiger partial charge in [-0.2, -0.15) is 0 Å². The summed E-state index contributed by atoms with van der Waals surface area (Å²) >= 11 is 0. The van der Waals surface area contributed by atoms with Crippen LogP contribution in [0.2, 0.25) is 18.1 Å². The number of aliphatic hydroxyl groups excluding tert-OH is 1. The first-order valence-corrected chi connectivity index (χ1v) is 14.2. The maximum Gasteiger partial charge on any atom is 0.195 e. The van der Waals surface area contributed by atoms with Gasteiger partial charge in [-0.1, -0.05) is 27.7 Å². The number of ether oxygens (including phenoxy) is 3. The molecule has 2 aliphatic carbocycles. The van der Waals surface area contributed by atoms with E-state index in [0.29, 0.717) is 0 Å². The van der Waals surface area contributed by atoms with Crippen LogP contribution < -0.4 is 4.74 Å². The Morgan fingerprint density at radius 1 is 1.17 bits per heavy atom. The van der Waals surface area contributed by atoms with E-state index in [-0.39, 0.29) is 47.7 Å². The van der Waals surface area contributed by atoms with Crippen LogP contribution in [0.4, 0.5) is 0 Å². The summed E-state index contributed by atoms with van der Waals surface area (Å²) in [6.45, 7) is 15.7. The third kappa shape index (κ3) is 2.37. The van der Waals surface area contributed by atoms with Gasteiger partial charge < -0.3 is 23.7 Å². The third-order valence-electron chi connectivity index (χ3n) is 9.11. The highest BCUT2D eigenvalue weighted by atomic mass is 28.4. The number of fused-ring (bicyclic) bond motifs is 3. The molecule has 0 radical (unpaired) electrons. The van der Waals surface area contributed by atoms with Crippen LogP contribution in [0, 0.1) is 24.2 Å². The van der Waals surface area contributed by atoms with Gasteiger partial charge in [0.15, 0.2) is 14.6 Å². The average Bonchev–Trinajstić information content (AvgIpc) is 3.15. The van der Waals surface area contributed by atoms with Gasteiger partial charge in [0, 0.05) is 11.8 Å². The minimum absolute atomic E-state index is 0.0102. The van der Waals surface area contributed by atoms with E-state index in [9.17, 15) is 5.11 Å². The zero-order valence-electron chi connectivity index (χ0n) is 19.5. The van der Waals surface area contributed by atoms with Crippen molar-refractivity contribution in [3.63, 3.8) is 0 Å². The van der Waals surface area contributed by atoms with Crippen LogP contribution in [0.3, 0.4) is 0 Å². The Morgan fingerprint density at radius 3 is 2.47 bits per heavy atom. The van der Waals surface area contributed by atoms with Gasteiger partial charge in [-0.15, -0.1) is 0 Å². The lowest BCUT2D eigenvalue weighted by Crippen LogP contribution is -2.69. The first-order valence-electron chi connectivity index (χ1n) is 11.3. The second-order valence-corrected chi connectivity index (χ2v) is 16.1. The molecule has 1 aromatic rings. The average molecular weight is 433 g/mol. The second kappa shape index (κ2) is 6.32. The molecule has 3 saturated heterocycles. The van der Waals surface area contributed by atoms with Crippen LogP contribution in [0.25, 0.3) is 0 Å². The van der Waals surface area contributed by atoms with Crippen molar-refractivity contribution in [2.24, 2.45) is 17.3 Å². The summed E-state index contributed by atoms with van der Waals surface area (Å²) in [6.07, 6.45) is -0.357. The molecule has 3 heterocycles. The molecule has 3 aliphatic heterocycles. The summed E-state index contributed by atoms with van der Waals surface area (Å²) < 4.78 is 25.8. The Kier molecular flexibility index (Phi) is 4.41. The lowest BCUT2D eigenvalue weighted by atomic mass is 9.53. The van der Waals surface area contributed by atoms with Crippen molar-refractivity contribution in [2.75, 3.05) is 13.7 Å². The minimum atomic E-state index is -2.10. The first kappa shape index (κ1) is 21.0. The van der Waals surface area contributed by atoms with Gasteiger partial charge in [-0.25, -0.2) is 0 Å². The number of hydrogen-bond donors (Lipinski definition) is 1. The molecule has 0 spiro atoms. The second-order valence-electron chi connectivity index (χ2n) is 11.4. The number of benzene rings is 1. The zero-order valence-corrected chi connectivity index (χ0v) is 20.5. The zero-order chi connectivity index (χ0) is 21.8. The van der Waals surface area contributed by atoms with Crippen molar-refractivity contribution in [3.8, 4) is 5.75 Å². The Balaban J connectivity index is 1.66.